The number of rotatable bonds is 2. The van der Waals surface area contributed by atoms with Crippen molar-refractivity contribution in [2.75, 3.05) is 10.6 Å². The molecule has 0 unspecified atom stereocenters. The quantitative estimate of drug-likeness (QED) is 0.223. The molecule has 0 spiro atoms. The number of carbonyl (C=O) groups excluding carboxylic acids is 2. The summed E-state index contributed by atoms with van der Waals surface area (Å²) >= 11 is 3.45. The second kappa shape index (κ2) is 7.99. The van der Waals surface area contributed by atoms with E-state index >= 15 is 0 Å². The van der Waals surface area contributed by atoms with E-state index < -0.39 is 0 Å². The molecular weight excluding hydrogens is 508 g/mol. The summed E-state index contributed by atoms with van der Waals surface area (Å²) in [6, 6.07) is 32.9. The van der Waals surface area contributed by atoms with E-state index in [-0.39, 0.29) is 11.8 Å². The maximum Gasteiger partial charge on any atom is 0.257 e. The monoisotopic (exact) mass is 526 g/mol. The SMILES string of the molecule is O=C1Nc2cc(-c3cc4ccccc4s3)ccc2/C1=C1\C(=O)Nc2cc(-c3cc4ccccc4s3)ccc21. The van der Waals surface area contributed by atoms with Gasteiger partial charge in [0.05, 0.1) is 11.1 Å². The molecular formula is C32H18N2O2S2. The molecule has 4 heterocycles. The van der Waals surface area contributed by atoms with Crippen LogP contribution in [0.1, 0.15) is 11.1 Å². The molecule has 180 valence electrons. The van der Waals surface area contributed by atoms with Gasteiger partial charge in [-0.2, -0.15) is 0 Å². The molecule has 0 fully saturated rings. The van der Waals surface area contributed by atoms with Crippen molar-refractivity contribution >= 4 is 77.2 Å². The summed E-state index contributed by atoms with van der Waals surface area (Å²) in [7, 11) is 0. The predicted molar refractivity (Wildman–Crippen MR) is 159 cm³/mol. The zero-order valence-electron chi connectivity index (χ0n) is 19.9. The minimum absolute atomic E-state index is 0.250. The van der Waals surface area contributed by atoms with Crippen LogP contribution in [-0.4, -0.2) is 11.8 Å². The number of thiophene rings is 2. The van der Waals surface area contributed by atoms with Crippen molar-refractivity contribution in [1.82, 2.24) is 0 Å². The Balaban J connectivity index is 1.21. The first kappa shape index (κ1) is 21.6. The highest BCUT2D eigenvalue weighted by Gasteiger charge is 2.35. The number of anilines is 2. The van der Waals surface area contributed by atoms with E-state index in [1.54, 1.807) is 22.7 Å². The van der Waals surface area contributed by atoms with Crippen molar-refractivity contribution in [3.05, 3.63) is 108 Å². The number of hydrogen-bond donors (Lipinski definition) is 2. The van der Waals surface area contributed by atoms with Crippen molar-refractivity contribution < 1.29 is 9.59 Å². The second-order valence-corrected chi connectivity index (χ2v) is 11.6. The molecule has 6 aromatic rings. The molecule has 2 amide bonds. The Labute approximate surface area is 225 Å². The van der Waals surface area contributed by atoms with E-state index in [0.29, 0.717) is 11.1 Å². The molecule has 38 heavy (non-hydrogen) atoms. The molecule has 0 saturated heterocycles. The van der Waals surface area contributed by atoms with Gasteiger partial charge in [0.25, 0.3) is 11.8 Å². The molecule has 4 nitrogen and oxygen atoms in total. The van der Waals surface area contributed by atoms with Crippen molar-refractivity contribution in [3.8, 4) is 20.9 Å². The van der Waals surface area contributed by atoms with Crippen LogP contribution in [0.3, 0.4) is 0 Å². The summed E-state index contributed by atoms with van der Waals surface area (Å²) < 4.78 is 2.45. The maximum atomic E-state index is 13.2. The number of fused-ring (bicyclic) bond motifs is 4. The molecule has 2 aliphatic rings. The van der Waals surface area contributed by atoms with Crippen LogP contribution in [0.2, 0.25) is 0 Å². The summed E-state index contributed by atoms with van der Waals surface area (Å²) in [6.45, 7) is 0. The smallest absolute Gasteiger partial charge is 0.257 e. The zero-order valence-corrected chi connectivity index (χ0v) is 21.5. The molecule has 0 radical (unpaired) electrons. The van der Waals surface area contributed by atoms with Gasteiger partial charge in [0, 0.05) is 41.7 Å². The maximum absolute atomic E-state index is 13.2. The second-order valence-electron chi connectivity index (χ2n) is 9.48. The molecule has 0 aliphatic carbocycles. The van der Waals surface area contributed by atoms with E-state index in [1.165, 1.54) is 20.2 Å². The fourth-order valence-electron chi connectivity index (χ4n) is 5.40. The van der Waals surface area contributed by atoms with Crippen LogP contribution < -0.4 is 10.6 Å². The first-order chi connectivity index (χ1) is 18.6. The molecule has 2 aromatic heterocycles. The van der Waals surface area contributed by atoms with Crippen molar-refractivity contribution in [1.29, 1.82) is 0 Å². The highest BCUT2D eigenvalue weighted by atomic mass is 32.1. The molecule has 8 rings (SSSR count). The minimum Gasteiger partial charge on any atom is -0.321 e. The van der Waals surface area contributed by atoms with E-state index in [2.05, 4.69) is 47.0 Å². The van der Waals surface area contributed by atoms with Crippen molar-refractivity contribution in [2.24, 2.45) is 0 Å². The Kier molecular flexibility index (Phi) is 4.53. The molecule has 0 atom stereocenters. The third-order valence-corrected chi connectivity index (χ3v) is 9.53. The molecule has 0 saturated carbocycles. The largest absolute Gasteiger partial charge is 0.321 e. The Morgan fingerprint density at radius 2 is 0.947 bits per heavy atom. The summed E-state index contributed by atoms with van der Waals surface area (Å²) in [5, 5.41) is 8.41. The van der Waals surface area contributed by atoms with E-state index in [4.69, 9.17) is 0 Å². The topological polar surface area (TPSA) is 58.2 Å². The van der Waals surface area contributed by atoms with E-state index in [1.807, 2.05) is 60.7 Å². The first-order valence-corrected chi connectivity index (χ1v) is 13.9. The molecule has 6 heteroatoms. The fourth-order valence-corrected chi connectivity index (χ4v) is 7.51. The van der Waals surface area contributed by atoms with Crippen LogP contribution in [0.4, 0.5) is 11.4 Å². The first-order valence-electron chi connectivity index (χ1n) is 12.3. The van der Waals surface area contributed by atoms with E-state index in [0.717, 1.165) is 43.4 Å². The fraction of sp³-hybridized carbons (Fsp3) is 0. The van der Waals surface area contributed by atoms with Gasteiger partial charge in [-0.3, -0.25) is 9.59 Å². The molecule has 0 bridgehead atoms. The number of carbonyl (C=O) groups is 2. The third kappa shape index (κ3) is 3.21. The normalized spacial score (nSPS) is 16.1. The Morgan fingerprint density at radius 3 is 1.39 bits per heavy atom. The van der Waals surface area contributed by atoms with Gasteiger partial charge in [0.2, 0.25) is 0 Å². The van der Waals surface area contributed by atoms with Crippen LogP contribution in [0.5, 0.6) is 0 Å². The van der Waals surface area contributed by atoms with E-state index in [9.17, 15) is 9.59 Å². The Hall–Kier alpha value is -4.52. The van der Waals surface area contributed by atoms with Gasteiger partial charge in [-0.1, -0.05) is 60.7 Å². The highest BCUT2D eigenvalue weighted by Crippen LogP contribution is 2.45. The average Bonchev–Trinajstić information content (AvgIpc) is 3.69. The van der Waals surface area contributed by atoms with Gasteiger partial charge in [-0.05, 0) is 58.3 Å². The van der Waals surface area contributed by atoms with Crippen LogP contribution in [-0.2, 0) is 9.59 Å². The third-order valence-electron chi connectivity index (χ3n) is 7.20. The van der Waals surface area contributed by atoms with Crippen molar-refractivity contribution in [2.45, 2.75) is 0 Å². The summed E-state index contributed by atoms with van der Waals surface area (Å²) in [6.07, 6.45) is 0. The van der Waals surface area contributed by atoms with Crippen LogP contribution in [0.25, 0.3) is 52.2 Å². The number of amides is 2. The van der Waals surface area contributed by atoms with Crippen LogP contribution in [0, 0.1) is 0 Å². The van der Waals surface area contributed by atoms with Gasteiger partial charge >= 0.3 is 0 Å². The van der Waals surface area contributed by atoms with Gasteiger partial charge in [-0.15, -0.1) is 22.7 Å². The molecule has 2 aliphatic heterocycles. The Morgan fingerprint density at radius 1 is 0.500 bits per heavy atom. The van der Waals surface area contributed by atoms with Crippen LogP contribution in [0.15, 0.2) is 97.1 Å². The molecule has 4 aromatic carbocycles. The lowest BCUT2D eigenvalue weighted by Gasteiger charge is -2.05. The summed E-state index contributed by atoms with van der Waals surface area (Å²) in [4.78, 5) is 28.7. The lowest BCUT2D eigenvalue weighted by molar-refractivity contribution is -0.112. The number of hydrogen-bond acceptors (Lipinski definition) is 4. The lowest BCUT2D eigenvalue weighted by Crippen LogP contribution is -2.10. The standard InChI is InChI=1S/C32H18N2O2S2/c35-31-29(21-11-9-19(13-23(21)33-31)27-15-17-5-1-3-7-25(17)37-27)30-22-12-10-20(14-24(22)34-32(30)36)28-16-18-6-2-4-8-26(18)38-28/h1-16H,(H,33,35)(H,34,36)/b30-29+. The molecule has 2 N–H and O–H groups in total. The van der Waals surface area contributed by atoms with Gasteiger partial charge in [0.15, 0.2) is 0 Å². The van der Waals surface area contributed by atoms with Gasteiger partial charge < -0.3 is 10.6 Å². The Bertz CT molecular complexity index is 1820. The summed E-state index contributed by atoms with van der Waals surface area (Å²) in [5.41, 5.74) is 5.91. The zero-order chi connectivity index (χ0) is 25.4. The van der Waals surface area contributed by atoms with Crippen LogP contribution >= 0.6 is 22.7 Å². The van der Waals surface area contributed by atoms with Gasteiger partial charge in [0.1, 0.15) is 0 Å². The lowest BCUT2D eigenvalue weighted by atomic mass is 9.95. The van der Waals surface area contributed by atoms with Gasteiger partial charge in [-0.25, -0.2) is 0 Å². The average molecular weight is 527 g/mol. The van der Waals surface area contributed by atoms with Crippen molar-refractivity contribution in [3.63, 3.8) is 0 Å². The highest BCUT2D eigenvalue weighted by molar-refractivity contribution is 7.22. The minimum atomic E-state index is -0.250. The number of nitrogens with one attached hydrogen (secondary N) is 2. The summed E-state index contributed by atoms with van der Waals surface area (Å²) in [5.74, 6) is -0.500. The number of benzene rings is 4. The predicted octanol–water partition coefficient (Wildman–Crippen LogP) is 8.27.